The lowest BCUT2D eigenvalue weighted by molar-refractivity contribution is -0.0819. The van der Waals surface area contributed by atoms with Crippen LogP contribution >= 0.6 is 0 Å². The lowest BCUT2D eigenvalue weighted by Crippen LogP contribution is -2.34. The second-order valence-electron chi connectivity index (χ2n) is 3.71. The SMILES string of the molecule is Cc1cnc(N)nc1NCC1COCCO1. The van der Waals surface area contributed by atoms with Crippen molar-refractivity contribution in [3.05, 3.63) is 11.8 Å². The summed E-state index contributed by atoms with van der Waals surface area (Å²) < 4.78 is 10.8. The minimum Gasteiger partial charge on any atom is -0.376 e. The van der Waals surface area contributed by atoms with E-state index in [0.717, 1.165) is 11.4 Å². The molecule has 6 heteroatoms. The van der Waals surface area contributed by atoms with Crippen LogP contribution in [0.25, 0.3) is 0 Å². The van der Waals surface area contributed by atoms with Gasteiger partial charge in [0.05, 0.1) is 25.9 Å². The van der Waals surface area contributed by atoms with E-state index in [2.05, 4.69) is 15.3 Å². The van der Waals surface area contributed by atoms with Gasteiger partial charge in [0, 0.05) is 18.3 Å². The smallest absolute Gasteiger partial charge is 0.221 e. The topological polar surface area (TPSA) is 82.3 Å². The van der Waals surface area contributed by atoms with Crippen molar-refractivity contribution in [1.82, 2.24) is 9.97 Å². The van der Waals surface area contributed by atoms with Crippen molar-refractivity contribution in [2.24, 2.45) is 0 Å². The van der Waals surface area contributed by atoms with Crippen LogP contribution in [0, 0.1) is 6.92 Å². The Morgan fingerprint density at radius 3 is 3.19 bits per heavy atom. The summed E-state index contributed by atoms with van der Waals surface area (Å²) in [5.41, 5.74) is 6.48. The highest BCUT2D eigenvalue weighted by Gasteiger charge is 2.14. The summed E-state index contributed by atoms with van der Waals surface area (Å²) in [6.07, 6.45) is 1.77. The highest BCUT2D eigenvalue weighted by molar-refractivity contribution is 5.45. The van der Waals surface area contributed by atoms with Gasteiger partial charge >= 0.3 is 0 Å². The highest BCUT2D eigenvalue weighted by Crippen LogP contribution is 2.11. The fraction of sp³-hybridized carbons (Fsp3) is 0.600. The Morgan fingerprint density at radius 1 is 1.56 bits per heavy atom. The number of ether oxygens (including phenoxy) is 2. The first kappa shape index (κ1) is 11.1. The van der Waals surface area contributed by atoms with Crippen LogP contribution in [0.4, 0.5) is 11.8 Å². The van der Waals surface area contributed by atoms with Crippen molar-refractivity contribution >= 4 is 11.8 Å². The number of rotatable bonds is 3. The molecule has 2 heterocycles. The van der Waals surface area contributed by atoms with Crippen molar-refractivity contribution in [3.8, 4) is 0 Å². The summed E-state index contributed by atoms with van der Waals surface area (Å²) in [5.74, 6) is 1.02. The van der Waals surface area contributed by atoms with Gasteiger partial charge in [0.15, 0.2) is 0 Å². The summed E-state index contributed by atoms with van der Waals surface area (Å²) in [4.78, 5) is 8.02. The summed E-state index contributed by atoms with van der Waals surface area (Å²) in [7, 11) is 0. The van der Waals surface area contributed by atoms with Gasteiger partial charge < -0.3 is 20.5 Å². The number of nitrogens with zero attached hydrogens (tertiary/aromatic N) is 2. The summed E-state index contributed by atoms with van der Waals surface area (Å²) in [6.45, 7) is 4.54. The molecule has 0 saturated carbocycles. The van der Waals surface area contributed by atoms with Gasteiger partial charge in [-0.05, 0) is 6.92 Å². The normalized spacial score (nSPS) is 20.7. The number of anilines is 2. The first-order chi connectivity index (χ1) is 7.75. The first-order valence-electron chi connectivity index (χ1n) is 5.28. The van der Waals surface area contributed by atoms with E-state index in [1.807, 2.05) is 6.92 Å². The molecule has 1 unspecified atom stereocenters. The zero-order valence-corrected chi connectivity index (χ0v) is 9.27. The fourth-order valence-electron chi connectivity index (χ4n) is 1.50. The molecule has 1 aromatic heterocycles. The van der Waals surface area contributed by atoms with E-state index >= 15 is 0 Å². The number of hydrogen-bond acceptors (Lipinski definition) is 6. The summed E-state index contributed by atoms with van der Waals surface area (Å²) in [6, 6.07) is 0. The van der Waals surface area contributed by atoms with E-state index in [1.165, 1.54) is 0 Å². The second-order valence-corrected chi connectivity index (χ2v) is 3.71. The Kier molecular flexibility index (Phi) is 3.53. The van der Waals surface area contributed by atoms with Gasteiger partial charge in [-0.3, -0.25) is 0 Å². The van der Waals surface area contributed by atoms with Crippen molar-refractivity contribution < 1.29 is 9.47 Å². The van der Waals surface area contributed by atoms with Crippen LogP contribution in [0.2, 0.25) is 0 Å². The molecule has 2 rings (SSSR count). The lowest BCUT2D eigenvalue weighted by Gasteiger charge is -2.23. The Bertz CT molecular complexity index is 353. The molecule has 1 saturated heterocycles. The van der Waals surface area contributed by atoms with Gasteiger partial charge in [0.2, 0.25) is 5.95 Å². The van der Waals surface area contributed by atoms with Crippen molar-refractivity contribution in [3.63, 3.8) is 0 Å². The molecule has 16 heavy (non-hydrogen) atoms. The van der Waals surface area contributed by atoms with E-state index in [1.54, 1.807) is 6.20 Å². The summed E-state index contributed by atoms with van der Waals surface area (Å²) >= 11 is 0. The number of aromatic nitrogens is 2. The zero-order chi connectivity index (χ0) is 11.4. The first-order valence-corrected chi connectivity index (χ1v) is 5.28. The largest absolute Gasteiger partial charge is 0.376 e. The van der Waals surface area contributed by atoms with E-state index in [9.17, 15) is 0 Å². The van der Waals surface area contributed by atoms with Gasteiger partial charge in [-0.25, -0.2) is 4.98 Å². The maximum Gasteiger partial charge on any atom is 0.221 e. The monoisotopic (exact) mass is 224 g/mol. The fourth-order valence-corrected chi connectivity index (χ4v) is 1.50. The minimum atomic E-state index is 0.0735. The number of aryl methyl sites for hydroxylation is 1. The van der Waals surface area contributed by atoms with Crippen LogP contribution in [-0.2, 0) is 9.47 Å². The van der Waals surface area contributed by atoms with Crippen molar-refractivity contribution in [2.75, 3.05) is 37.4 Å². The Hall–Kier alpha value is -1.40. The third-order valence-electron chi connectivity index (χ3n) is 2.37. The predicted molar refractivity (Wildman–Crippen MR) is 60.2 cm³/mol. The molecule has 88 valence electrons. The molecule has 1 aliphatic heterocycles. The van der Waals surface area contributed by atoms with Gasteiger partial charge in [0.25, 0.3) is 0 Å². The standard InChI is InChI=1S/C10H16N4O2/c1-7-4-13-10(11)14-9(7)12-5-8-6-15-2-3-16-8/h4,8H,2-3,5-6H2,1H3,(H3,11,12,13,14). The average molecular weight is 224 g/mol. The van der Waals surface area contributed by atoms with Crippen LogP contribution in [0.5, 0.6) is 0 Å². The molecule has 0 amide bonds. The van der Waals surface area contributed by atoms with Gasteiger partial charge in [0.1, 0.15) is 5.82 Å². The Morgan fingerprint density at radius 2 is 2.44 bits per heavy atom. The molecule has 0 radical (unpaired) electrons. The van der Waals surface area contributed by atoms with E-state index in [0.29, 0.717) is 26.4 Å². The van der Waals surface area contributed by atoms with E-state index < -0.39 is 0 Å². The van der Waals surface area contributed by atoms with Crippen LogP contribution in [-0.4, -0.2) is 42.4 Å². The number of hydrogen-bond donors (Lipinski definition) is 2. The second kappa shape index (κ2) is 5.09. The number of nitrogen functional groups attached to an aromatic ring is 1. The van der Waals surface area contributed by atoms with Crippen LogP contribution in [0.15, 0.2) is 6.20 Å². The molecule has 1 atom stereocenters. The third kappa shape index (κ3) is 2.80. The molecule has 6 nitrogen and oxygen atoms in total. The minimum absolute atomic E-state index is 0.0735. The van der Waals surface area contributed by atoms with Crippen molar-refractivity contribution in [1.29, 1.82) is 0 Å². The molecule has 0 aromatic carbocycles. The molecule has 1 aliphatic rings. The Balaban J connectivity index is 1.90. The molecule has 0 bridgehead atoms. The predicted octanol–water partition coefficient (Wildman–Crippen LogP) is 0.195. The van der Waals surface area contributed by atoms with Gasteiger partial charge in [-0.15, -0.1) is 0 Å². The van der Waals surface area contributed by atoms with Crippen LogP contribution in [0.1, 0.15) is 5.56 Å². The van der Waals surface area contributed by atoms with Gasteiger partial charge in [-0.2, -0.15) is 4.98 Å². The Labute approximate surface area is 94.2 Å². The number of nitrogens with one attached hydrogen (secondary N) is 1. The highest BCUT2D eigenvalue weighted by atomic mass is 16.6. The molecule has 0 aliphatic carbocycles. The summed E-state index contributed by atoms with van der Waals surface area (Å²) in [5, 5.41) is 3.19. The van der Waals surface area contributed by atoms with Gasteiger partial charge in [-0.1, -0.05) is 0 Å². The molecule has 1 aromatic rings. The number of nitrogens with two attached hydrogens (primary N) is 1. The maximum absolute atomic E-state index is 5.52. The molecule has 0 spiro atoms. The third-order valence-corrected chi connectivity index (χ3v) is 2.37. The average Bonchev–Trinajstić information content (AvgIpc) is 2.32. The molecular formula is C10H16N4O2. The lowest BCUT2D eigenvalue weighted by atomic mass is 10.3. The molecule has 3 N–H and O–H groups in total. The molecule has 1 fully saturated rings. The zero-order valence-electron chi connectivity index (χ0n) is 9.27. The van der Waals surface area contributed by atoms with Crippen molar-refractivity contribution in [2.45, 2.75) is 13.0 Å². The van der Waals surface area contributed by atoms with E-state index in [4.69, 9.17) is 15.2 Å². The van der Waals surface area contributed by atoms with E-state index in [-0.39, 0.29) is 12.1 Å². The maximum atomic E-state index is 5.52. The van der Waals surface area contributed by atoms with Crippen LogP contribution < -0.4 is 11.1 Å². The van der Waals surface area contributed by atoms with Crippen LogP contribution in [0.3, 0.4) is 0 Å². The molecular weight excluding hydrogens is 208 g/mol. The quantitative estimate of drug-likeness (QED) is 0.763.